The van der Waals surface area contributed by atoms with Crippen LogP contribution in [0.2, 0.25) is 0 Å². The van der Waals surface area contributed by atoms with Crippen molar-refractivity contribution in [2.24, 2.45) is 5.41 Å². The fourth-order valence-electron chi connectivity index (χ4n) is 1.24. The third kappa shape index (κ3) is 3.53. The van der Waals surface area contributed by atoms with Crippen molar-refractivity contribution in [3.05, 3.63) is 23.5 Å². The van der Waals surface area contributed by atoms with E-state index in [1.165, 1.54) is 6.20 Å². The Hall–Kier alpha value is -1.58. The normalized spacial score (nSPS) is 11.2. The number of hydrogen-bond acceptors (Lipinski definition) is 3. The molecule has 0 aliphatic carbocycles. The molecule has 0 spiro atoms. The van der Waals surface area contributed by atoms with Crippen LogP contribution in [0.5, 0.6) is 0 Å². The lowest BCUT2D eigenvalue weighted by Crippen LogP contribution is -2.20. The van der Waals surface area contributed by atoms with Crippen LogP contribution in [0.15, 0.2) is 12.3 Å². The van der Waals surface area contributed by atoms with Gasteiger partial charge in [0.2, 0.25) is 0 Å². The van der Waals surface area contributed by atoms with Crippen molar-refractivity contribution in [3.63, 3.8) is 0 Å². The molecule has 16 heavy (non-hydrogen) atoms. The van der Waals surface area contributed by atoms with Crippen LogP contribution in [0.3, 0.4) is 0 Å². The molecule has 0 aromatic carbocycles. The summed E-state index contributed by atoms with van der Waals surface area (Å²) in [5, 5.41) is 12.2. The van der Waals surface area contributed by atoms with E-state index in [2.05, 4.69) is 31.1 Å². The van der Waals surface area contributed by atoms with Crippen molar-refractivity contribution in [2.75, 3.05) is 11.9 Å². The van der Waals surface area contributed by atoms with E-state index in [4.69, 9.17) is 5.11 Å². The molecule has 0 amide bonds. The van der Waals surface area contributed by atoms with E-state index in [0.717, 1.165) is 12.2 Å². The number of nitrogens with one attached hydrogen (secondary N) is 1. The summed E-state index contributed by atoms with van der Waals surface area (Å²) in [4.78, 5) is 15.0. The maximum Gasteiger partial charge on any atom is 0.339 e. The zero-order valence-corrected chi connectivity index (χ0v) is 10.2. The molecule has 0 radical (unpaired) electrons. The predicted molar refractivity (Wildman–Crippen MR) is 63.9 cm³/mol. The number of pyridine rings is 1. The number of carboxylic acids is 1. The van der Waals surface area contributed by atoms with Gasteiger partial charge in [0.1, 0.15) is 5.56 Å². The van der Waals surface area contributed by atoms with Crippen molar-refractivity contribution >= 4 is 11.7 Å². The Balaban J connectivity index is 2.93. The smallest absolute Gasteiger partial charge is 0.339 e. The molecule has 2 N–H and O–H groups in total. The van der Waals surface area contributed by atoms with Crippen LogP contribution in [0.4, 0.5) is 5.69 Å². The maximum absolute atomic E-state index is 11.0. The Labute approximate surface area is 95.7 Å². The molecule has 0 saturated heterocycles. The van der Waals surface area contributed by atoms with E-state index in [-0.39, 0.29) is 11.0 Å². The van der Waals surface area contributed by atoms with Crippen molar-refractivity contribution < 1.29 is 9.90 Å². The van der Waals surface area contributed by atoms with Gasteiger partial charge in [-0.05, 0) is 18.4 Å². The first-order chi connectivity index (χ1) is 7.29. The van der Waals surface area contributed by atoms with Crippen LogP contribution >= 0.6 is 0 Å². The minimum absolute atomic E-state index is 0.104. The summed E-state index contributed by atoms with van der Waals surface area (Å²) in [5.74, 6) is -0.955. The van der Waals surface area contributed by atoms with Crippen molar-refractivity contribution in [1.82, 2.24) is 4.98 Å². The molecule has 1 aromatic heterocycles. The number of carbonyl (C=O) groups is 1. The number of rotatable bonds is 3. The van der Waals surface area contributed by atoms with E-state index in [9.17, 15) is 4.79 Å². The monoisotopic (exact) mass is 222 g/mol. The Bertz CT molecular complexity index is 394. The number of anilines is 1. The third-order valence-corrected chi connectivity index (χ3v) is 2.08. The molecule has 4 nitrogen and oxygen atoms in total. The number of aromatic nitrogens is 1. The minimum atomic E-state index is -0.955. The Kier molecular flexibility index (Phi) is 3.52. The van der Waals surface area contributed by atoms with Crippen molar-refractivity contribution in [1.29, 1.82) is 0 Å². The highest BCUT2D eigenvalue weighted by molar-refractivity contribution is 5.93. The van der Waals surface area contributed by atoms with E-state index in [1.54, 1.807) is 6.07 Å². The predicted octanol–water partition coefficient (Wildman–Crippen LogP) is 2.55. The van der Waals surface area contributed by atoms with Gasteiger partial charge in [0, 0.05) is 18.4 Å². The Morgan fingerprint density at radius 2 is 2.12 bits per heavy atom. The third-order valence-electron chi connectivity index (χ3n) is 2.08. The van der Waals surface area contributed by atoms with E-state index >= 15 is 0 Å². The molecule has 0 fully saturated rings. The molecule has 0 atom stereocenters. The molecule has 4 heteroatoms. The summed E-state index contributed by atoms with van der Waals surface area (Å²) in [6, 6.07) is 1.76. The summed E-state index contributed by atoms with van der Waals surface area (Å²) in [6.45, 7) is 8.84. The first-order valence-electron chi connectivity index (χ1n) is 5.23. The van der Waals surface area contributed by atoms with Crippen LogP contribution in [0, 0.1) is 12.3 Å². The maximum atomic E-state index is 11.0. The van der Waals surface area contributed by atoms with Gasteiger partial charge in [-0.25, -0.2) is 4.79 Å². The standard InChI is InChI=1S/C12H18N2O2/c1-8-5-10(14-7-12(2,3)4)9(6-13-8)11(15)16/h5-6H,7H2,1-4H3,(H,13,14)(H,15,16). The number of hydrogen-bond donors (Lipinski definition) is 2. The molecule has 1 aromatic rings. The van der Waals surface area contributed by atoms with Crippen LogP contribution in [-0.4, -0.2) is 22.6 Å². The molecular formula is C12H18N2O2. The fraction of sp³-hybridized carbons (Fsp3) is 0.500. The van der Waals surface area contributed by atoms with Gasteiger partial charge in [-0.15, -0.1) is 0 Å². The molecule has 0 bridgehead atoms. The van der Waals surface area contributed by atoms with Crippen molar-refractivity contribution in [3.8, 4) is 0 Å². The summed E-state index contributed by atoms with van der Waals surface area (Å²) in [6.07, 6.45) is 1.39. The largest absolute Gasteiger partial charge is 0.478 e. The second-order valence-corrected chi connectivity index (χ2v) is 5.09. The van der Waals surface area contributed by atoms with Gasteiger partial charge in [-0.2, -0.15) is 0 Å². The second-order valence-electron chi connectivity index (χ2n) is 5.09. The number of carboxylic acid groups (broad SMARTS) is 1. The van der Waals surface area contributed by atoms with Gasteiger partial charge in [0.25, 0.3) is 0 Å². The lowest BCUT2D eigenvalue weighted by molar-refractivity contribution is 0.0697. The van der Waals surface area contributed by atoms with E-state index in [1.807, 2.05) is 6.92 Å². The molecule has 0 aliphatic heterocycles. The highest BCUT2D eigenvalue weighted by atomic mass is 16.4. The van der Waals surface area contributed by atoms with Gasteiger partial charge in [0.05, 0.1) is 5.69 Å². The highest BCUT2D eigenvalue weighted by Gasteiger charge is 2.14. The zero-order valence-electron chi connectivity index (χ0n) is 10.2. The summed E-state index contributed by atoms with van der Waals surface area (Å²) in [5.41, 5.74) is 1.76. The SMILES string of the molecule is Cc1cc(NCC(C)(C)C)c(C(=O)O)cn1. The quantitative estimate of drug-likeness (QED) is 0.825. The van der Waals surface area contributed by atoms with Crippen LogP contribution in [-0.2, 0) is 0 Å². The second kappa shape index (κ2) is 4.51. The van der Waals surface area contributed by atoms with Gasteiger partial charge in [-0.3, -0.25) is 4.98 Å². The van der Waals surface area contributed by atoms with Gasteiger partial charge < -0.3 is 10.4 Å². The minimum Gasteiger partial charge on any atom is -0.478 e. The molecule has 1 rings (SSSR count). The lowest BCUT2D eigenvalue weighted by atomic mass is 9.97. The Morgan fingerprint density at radius 1 is 1.50 bits per heavy atom. The van der Waals surface area contributed by atoms with Crippen LogP contribution in [0.1, 0.15) is 36.8 Å². The average molecular weight is 222 g/mol. The first-order valence-corrected chi connectivity index (χ1v) is 5.23. The highest BCUT2D eigenvalue weighted by Crippen LogP contribution is 2.19. The molecule has 0 unspecified atom stereocenters. The van der Waals surface area contributed by atoms with E-state index < -0.39 is 5.97 Å². The first kappa shape index (κ1) is 12.5. The average Bonchev–Trinajstić information content (AvgIpc) is 2.13. The molecular weight excluding hydrogens is 204 g/mol. The molecule has 88 valence electrons. The van der Waals surface area contributed by atoms with Crippen LogP contribution < -0.4 is 5.32 Å². The van der Waals surface area contributed by atoms with Crippen molar-refractivity contribution in [2.45, 2.75) is 27.7 Å². The Morgan fingerprint density at radius 3 is 2.62 bits per heavy atom. The fourth-order valence-corrected chi connectivity index (χ4v) is 1.24. The van der Waals surface area contributed by atoms with E-state index in [0.29, 0.717) is 5.69 Å². The molecule has 0 saturated carbocycles. The van der Waals surface area contributed by atoms with Gasteiger partial charge in [-0.1, -0.05) is 20.8 Å². The topological polar surface area (TPSA) is 62.2 Å². The number of nitrogens with zero attached hydrogens (tertiary/aromatic N) is 1. The summed E-state index contributed by atoms with van der Waals surface area (Å²) < 4.78 is 0. The molecule has 0 aliphatic rings. The number of aryl methyl sites for hydroxylation is 1. The summed E-state index contributed by atoms with van der Waals surface area (Å²) >= 11 is 0. The van der Waals surface area contributed by atoms with Gasteiger partial charge >= 0.3 is 5.97 Å². The lowest BCUT2D eigenvalue weighted by Gasteiger charge is -2.20. The zero-order chi connectivity index (χ0) is 12.3. The van der Waals surface area contributed by atoms with Gasteiger partial charge in [0.15, 0.2) is 0 Å². The summed E-state index contributed by atoms with van der Waals surface area (Å²) in [7, 11) is 0. The number of aromatic carboxylic acids is 1. The molecule has 1 heterocycles. The van der Waals surface area contributed by atoms with Crippen LogP contribution in [0.25, 0.3) is 0 Å².